The van der Waals surface area contributed by atoms with E-state index in [4.69, 9.17) is 4.74 Å². The van der Waals surface area contributed by atoms with Crippen molar-refractivity contribution in [3.05, 3.63) is 280 Å². The molecule has 0 radical (unpaired) electrons. The van der Waals surface area contributed by atoms with Gasteiger partial charge in [-0.05, 0) is 175 Å². The Labute approximate surface area is 447 Å². The summed E-state index contributed by atoms with van der Waals surface area (Å²) in [6.45, 7) is 0. The van der Waals surface area contributed by atoms with Crippen molar-refractivity contribution < 1.29 is 4.74 Å². The third-order valence-corrected chi connectivity index (χ3v) is 18.9. The first-order valence-corrected chi connectivity index (χ1v) is 28.3. The van der Waals surface area contributed by atoms with Gasteiger partial charge in [-0.3, -0.25) is 0 Å². The zero-order valence-corrected chi connectivity index (χ0v) is 42.9. The third kappa shape index (κ3) is 6.28. The first-order chi connectivity index (χ1) is 37.7. The van der Waals surface area contributed by atoms with Gasteiger partial charge in [-0.25, -0.2) is 0 Å². The molecule has 0 amide bonds. The molecule has 6 aliphatic rings. The first kappa shape index (κ1) is 44.1. The fraction of sp³-hybridized carbons (Fsp3) is 0.189. The van der Waals surface area contributed by atoms with Crippen molar-refractivity contribution in [1.29, 1.82) is 0 Å². The summed E-state index contributed by atoms with van der Waals surface area (Å²) < 4.78 is 7.20. The highest BCUT2D eigenvalue weighted by Gasteiger charge is 2.54. The number of rotatable bonds is 6. The fourth-order valence-corrected chi connectivity index (χ4v) is 15.6. The molecule has 0 aromatic heterocycles. The summed E-state index contributed by atoms with van der Waals surface area (Å²) in [6.07, 6.45) is 12.8. The summed E-state index contributed by atoms with van der Waals surface area (Å²) in [7, 11) is 0. The SMILES string of the molecule is c1ccc(-c2ccc(N(c3ccc4c(c3)C3(c5cc(C6CCCCC6)ccc5Oc5ccc(C6CCCCC6)cc53)c3ccccc3-4)c3ccc4c(c3)C3(c5ccccc5-c5ccccc53)c3ccccc3-4)cc2)cc1. The van der Waals surface area contributed by atoms with Gasteiger partial charge in [0.15, 0.2) is 0 Å². The summed E-state index contributed by atoms with van der Waals surface area (Å²) in [5, 5.41) is 0. The highest BCUT2D eigenvalue weighted by Crippen LogP contribution is 2.66. The van der Waals surface area contributed by atoms with Gasteiger partial charge in [0.1, 0.15) is 11.5 Å². The zero-order chi connectivity index (χ0) is 50.0. The van der Waals surface area contributed by atoms with Crippen LogP contribution in [0.1, 0.15) is 132 Å². The van der Waals surface area contributed by atoms with Crippen LogP contribution in [0.3, 0.4) is 0 Å². The van der Waals surface area contributed by atoms with Crippen LogP contribution in [0.4, 0.5) is 17.1 Å². The van der Waals surface area contributed by atoms with Crippen LogP contribution in [0.2, 0.25) is 0 Å². The smallest absolute Gasteiger partial charge is 0.132 e. The van der Waals surface area contributed by atoms with Crippen molar-refractivity contribution in [3.63, 3.8) is 0 Å². The van der Waals surface area contributed by atoms with Crippen molar-refractivity contribution in [3.8, 4) is 56.0 Å². The van der Waals surface area contributed by atoms with E-state index in [2.05, 4.69) is 229 Å². The van der Waals surface area contributed by atoms with Crippen LogP contribution >= 0.6 is 0 Å². The first-order valence-electron chi connectivity index (χ1n) is 28.3. The molecule has 0 unspecified atom stereocenters. The molecule has 2 heteroatoms. The molecule has 2 saturated carbocycles. The van der Waals surface area contributed by atoms with Crippen molar-refractivity contribution in [2.24, 2.45) is 0 Å². The van der Waals surface area contributed by atoms with Crippen LogP contribution in [-0.2, 0) is 10.8 Å². The van der Waals surface area contributed by atoms with Crippen molar-refractivity contribution in [2.75, 3.05) is 4.90 Å². The quantitative estimate of drug-likeness (QED) is 0.165. The summed E-state index contributed by atoms with van der Waals surface area (Å²) in [5.74, 6) is 3.05. The molecule has 16 rings (SSSR count). The Morgan fingerprint density at radius 1 is 0.289 bits per heavy atom. The molecular weight excluding hydrogens is 919 g/mol. The van der Waals surface area contributed by atoms with Crippen molar-refractivity contribution in [1.82, 2.24) is 0 Å². The van der Waals surface area contributed by atoms with Crippen LogP contribution in [0.5, 0.6) is 11.5 Å². The number of ether oxygens (including phenoxy) is 1. The van der Waals surface area contributed by atoms with Gasteiger partial charge < -0.3 is 9.64 Å². The maximum absolute atomic E-state index is 7.20. The van der Waals surface area contributed by atoms with Crippen molar-refractivity contribution in [2.45, 2.75) is 86.9 Å². The molecule has 366 valence electrons. The molecule has 0 N–H and O–H groups in total. The molecule has 76 heavy (non-hydrogen) atoms. The average molecular weight is 978 g/mol. The molecule has 10 aromatic rings. The second kappa shape index (κ2) is 17.2. The van der Waals surface area contributed by atoms with E-state index in [-0.39, 0.29) is 0 Å². The highest BCUT2D eigenvalue weighted by atomic mass is 16.5. The van der Waals surface area contributed by atoms with E-state index in [1.54, 1.807) is 0 Å². The van der Waals surface area contributed by atoms with Crippen LogP contribution in [-0.4, -0.2) is 0 Å². The average Bonchev–Trinajstić information content (AvgIpc) is 4.28. The van der Waals surface area contributed by atoms with E-state index >= 15 is 0 Å². The topological polar surface area (TPSA) is 12.5 Å². The lowest BCUT2D eigenvalue weighted by atomic mass is 9.64. The van der Waals surface area contributed by atoms with Gasteiger partial charge in [0, 0.05) is 28.2 Å². The maximum atomic E-state index is 7.20. The minimum atomic E-state index is -0.607. The molecule has 2 fully saturated rings. The minimum absolute atomic E-state index is 0.469. The van der Waals surface area contributed by atoms with Gasteiger partial charge in [0.25, 0.3) is 0 Å². The predicted octanol–water partition coefficient (Wildman–Crippen LogP) is 19.7. The van der Waals surface area contributed by atoms with E-state index < -0.39 is 10.8 Å². The number of benzene rings is 10. The molecular formula is C74H59NO. The Morgan fingerprint density at radius 2 is 0.658 bits per heavy atom. The van der Waals surface area contributed by atoms with Gasteiger partial charge >= 0.3 is 0 Å². The Hall–Kier alpha value is -8.20. The molecule has 2 spiro atoms. The largest absolute Gasteiger partial charge is 0.457 e. The lowest BCUT2D eigenvalue weighted by Crippen LogP contribution is -2.33. The Kier molecular flexibility index (Phi) is 9.97. The normalized spacial score (nSPS) is 16.9. The van der Waals surface area contributed by atoms with E-state index in [1.807, 2.05) is 0 Å². The highest BCUT2D eigenvalue weighted by molar-refractivity contribution is 5.97. The van der Waals surface area contributed by atoms with Gasteiger partial charge in [0.05, 0.1) is 10.8 Å². The zero-order valence-electron chi connectivity index (χ0n) is 42.9. The second-order valence-electron chi connectivity index (χ2n) is 22.7. The van der Waals surface area contributed by atoms with Crippen LogP contribution in [0.25, 0.3) is 44.5 Å². The Morgan fingerprint density at radius 3 is 1.11 bits per heavy atom. The van der Waals surface area contributed by atoms with Crippen LogP contribution in [0, 0.1) is 0 Å². The number of hydrogen-bond donors (Lipinski definition) is 0. The molecule has 5 aliphatic carbocycles. The molecule has 1 aliphatic heterocycles. The van der Waals surface area contributed by atoms with Gasteiger partial charge in [-0.15, -0.1) is 0 Å². The summed E-state index contributed by atoms with van der Waals surface area (Å²) >= 11 is 0. The number of anilines is 3. The summed E-state index contributed by atoms with van der Waals surface area (Å²) in [5.41, 5.74) is 26.1. The predicted molar refractivity (Wildman–Crippen MR) is 312 cm³/mol. The molecule has 10 aromatic carbocycles. The lowest BCUT2D eigenvalue weighted by Gasteiger charge is -2.41. The fourth-order valence-electron chi connectivity index (χ4n) is 15.6. The summed E-state index contributed by atoms with van der Waals surface area (Å²) in [4.78, 5) is 2.55. The molecule has 0 atom stereocenters. The van der Waals surface area contributed by atoms with E-state index in [1.165, 1.54) is 164 Å². The molecule has 0 bridgehead atoms. The number of hydrogen-bond acceptors (Lipinski definition) is 2. The number of fused-ring (bicyclic) bond motifs is 19. The lowest BCUT2D eigenvalue weighted by molar-refractivity contribution is 0.424. The monoisotopic (exact) mass is 977 g/mol. The third-order valence-electron chi connectivity index (χ3n) is 18.9. The van der Waals surface area contributed by atoms with Gasteiger partial charge in [0.2, 0.25) is 0 Å². The summed E-state index contributed by atoms with van der Waals surface area (Å²) in [6, 6.07) is 86.3. The standard InChI is InChI=1S/C74H59NO/c1-4-18-48(19-5-1)51-32-36-54(37-33-51)75(55-38-40-61-59-26-12-16-30-65(59)73(67(61)46-55)63-28-14-10-24-57(63)58-25-11-15-29-64(58)73)56-39-41-62-60-27-13-17-31-66(60)74(68(62)47-56)69-44-52(49-20-6-2-7-21-49)34-42-71(69)76-72-43-35-53(45-70(72)74)50-22-8-3-9-23-50/h1,4-5,10-19,24-47,49-50H,2-3,6-9,20-23H2. The van der Waals surface area contributed by atoms with Gasteiger partial charge in [-0.2, -0.15) is 0 Å². The number of nitrogens with zero attached hydrogens (tertiary/aromatic N) is 1. The van der Waals surface area contributed by atoms with E-state index in [9.17, 15) is 0 Å². The van der Waals surface area contributed by atoms with Crippen molar-refractivity contribution >= 4 is 17.1 Å². The minimum Gasteiger partial charge on any atom is -0.457 e. The van der Waals surface area contributed by atoms with Crippen LogP contribution < -0.4 is 9.64 Å². The molecule has 2 nitrogen and oxygen atoms in total. The molecule has 0 saturated heterocycles. The van der Waals surface area contributed by atoms with Gasteiger partial charge in [-0.1, -0.05) is 214 Å². The molecule has 1 heterocycles. The van der Waals surface area contributed by atoms with E-state index in [0.29, 0.717) is 11.8 Å². The second-order valence-corrected chi connectivity index (χ2v) is 22.7. The Balaban J connectivity index is 0.953. The Bertz CT molecular complexity index is 3810. The van der Waals surface area contributed by atoms with E-state index in [0.717, 1.165) is 28.6 Å². The van der Waals surface area contributed by atoms with Crippen LogP contribution in [0.15, 0.2) is 224 Å². The maximum Gasteiger partial charge on any atom is 0.132 e.